The highest BCUT2D eigenvalue weighted by Crippen LogP contribution is 2.19. The van der Waals surface area contributed by atoms with Gasteiger partial charge in [-0.05, 0) is 12.8 Å². The van der Waals surface area contributed by atoms with Gasteiger partial charge in [0.15, 0.2) is 0 Å². The quantitative estimate of drug-likeness (QED) is 0.815. The van der Waals surface area contributed by atoms with Gasteiger partial charge in [0.05, 0.1) is 12.1 Å². The lowest BCUT2D eigenvalue weighted by Crippen LogP contribution is -2.45. The van der Waals surface area contributed by atoms with E-state index in [1.807, 2.05) is 13.8 Å². The van der Waals surface area contributed by atoms with Crippen LogP contribution in [0.4, 0.5) is 0 Å². The number of hydrogen-bond acceptors (Lipinski definition) is 4. The summed E-state index contributed by atoms with van der Waals surface area (Å²) < 4.78 is 2.08. The summed E-state index contributed by atoms with van der Waals surface area (Å²) >= 11 is 0. The number of fused-ring (bicyclic) bond motifs is 1. The molecular formula is C11H20N4O. The first kappa shape index (κ1) is 11.5. The van der Waals surface area contributed by atoms with Gasteiger partial charge in [-0.15, -0.1) is 10.2 Å². The van der Waals surface area contributed by atoms with Gasteiger partial charge in [0.25, 0.3) is 0 Å². The van der Waals surface area contributed by atoms with Crippen LogP contribution in [0.1, 0.15) is 32.5 Å². The monoisotopic (exact) mass is 224 g/mol. The second-order valence-electron chi connectivity index (χ2n) is 4.58. The highest BCUT2D eigenvalue weighted by molar-refractivity contribution is 4.92. The Morgan fingerprint density at radius 1 is 1.38 bits per heavy atom. The molecule has 0 aliphatic carbocycles. The Morgan fingerprint density at radius 3 is 2.81 bits per heavy atom. The van der Waals surface area contributed by atoms with Crippen LogP contribution in [0.25, 0.3) is 0 Å². The lowest BCUT2D eigenvalue weighted by atomic mass is 9.96. The molecule has 0 fully saturated rings. The molecule has 0 atom stereocenters. The molecule has 90 valence electrons. The summed E-state index contributed by atoms with van der Waals surface area (Å²) in [6, 6.07) is 0. The number of nitrogens with zero attached hydrogens (tertiary/aromatic N) is 4. The van der Waals surface area contributed by atoms with Crippen LogP contribution in [0, 0.1) is 0 Å². The molecule has 1 aliphatic heterocycles. The van der Waals surface area contributed by atoms with Crippen LogP contribution in [-0.2, 0) is 13.1 Å². The van der Waals surface area contributed by atoms with Crippen LogP contribution in [0.15, 0.2) is 6.33 Å². The molecule has 1 N–H and O–H groups in total. The summed E-state index contributed by atoms with van der Waals surface area (Å²) in [4.78, 5) is 2.26. The van der Waals surface area contributed by atoms with Crippen molar-refractivity contribution in [3.8, 4) is 0 Å². The third kappa shape index (κ3) is 2.25. The van der Waals surface area contributed by atoms with E-state index in [1.54, 1.807) is 6.33 Å². The minimum atomic E-state index is -0.553. The van der Waals surface area contributed by atoms with Crippen LogP contribution in [0.3, 0.4) is 0 Å². The zero-order chi connectivity index (χ0) is 11.6. The van der Waals surface area contributed by atoms with E-state index in [1.165, 1.54) is 0 Å². The van der Waals surface area contributed by atoms with Gasteiger partial charge in [-0.25, -0.2) is 0 Å². The topological polar surface area (TPSA) is 54.2 Å². The van der Waals surface area contributed by atoms with Crippen molar-refractivity contribution >= 4 is 0 Å². The lowest BCUT2D eigenvalue weighted by molar-refractivity contribution is -0.0104. The molecule has 1 aromatic heterocycles. The Bertz CT molecular complexity index is 346. The van der Waals surface area contributed by atoms with Gasteiger partial charge in [0.2, 0.25) is 0 Å². The predicted octanol–water partition coefficient (Wildman–Crippen LogP) is 0.645. The zero-order valence-electron chi connectivity index (χ0n) is 10.1. The first-order valence-electron chi connectivity index (χ1n) is 5.98. The molecule has 0 aromatic carbocycles. The average molecular weight is 224 g/mol. The second-order valence-corrected chi connectivity index (χ2v) is 4.58. The first-order valence-corrected chi connectivity index (χ1v) is 5.98. The molecule has 0 saturated carbocycles. The fourth-order valence-electron chi connectivity index (χ4n) is 2.14. The minimum absolute atomic E-state index is 0.553. The predicted molar refractivity (Wildman–Crippen MR) is 60.8 cm³/mol. The van der Waals surface area contributed by atoms with E-state index in [-0.39, 0.29) is 0 Å². The maximum Gasteiger partial charge on any atom is 0.147 e. The highest BCUT2D eigenvalue weighted by atomic mass is 16.3. The molecular weight excluding hydrogens is 204 g/mol. The van der Waals surface area contributed by atoms with Crippen molar-refractivity contribution in [3.05, 3.63) is 12.2 Å². The van der Waals surface area contributed by atoms with E-state index in [0.717, 1.165) is 44.8 Å². The number of β-amino-alcohol motifs (C(OH)–C–C–N with tert-alkyl or cyclic N) is 1. The molecule has 0 spiro atoms. The van der Waals surface area contributed by atoms with Crippen LogP contribution < -0.4 is 0 Å². The molecule has 0 bridgehead atoms. The largest absolute Gasteiger partial charge is 0.389 e. The number of rotatable bonds is 4. The maximum atomic E-state index is 10.3. The summed E-state index contributed by atoms with van der Waals surface area (Å²) in [7, 11) is 0. The lowest BCUT2D eigenvalue weighted by Gasteiger charge is -2.34. The summed E-state index contributed by atoms with van der Waals surface area (Å²) in [5.74, 6) is 1.00. The third-order valence-corrected chi connectivity index (χ3v) is 3.55. The molecule has 0 radical (unpaired) electrons. The Kier molecular flexibility index (Phi) is 3.25. The molecule has 16 heavy (non-hydrogen) atoms. The Labute approximate surface area is 96.1 Å². The molecule has 1 aromatic rings. The van der Waals surface area contributed by atoms with Crippen LogP contribution in [0.5, 0.6) is 0 Å². The van der Waals surface area contributed by atoms with Gasteiger partial charge in [0, 0.05) is 19.6 Å². The van der Waals surface area contributed by atoms with Gasteiger partial charge < -0.3 is 9.67 Å². The molecule has 2 rings (SSSR count). The van der Waals surface area contributed by atoms with Crippen LogP contribution in [0.2, 0.25) is 0 Å². The van der Waals surface area contributed by atoms with Crippen molar-refractivity contribution in [2.24, 2.45) is 0 Å². The zero-order valence-corrected chi connectivity index (χ0v) is 10.1. The van der Waals surface area contributed by atoms with Crippen molar-refractivity contribution in [3.63, 3.8) is 0 Å². The molecule has 2 heterocycles. The van der Waals surface area contributed by atoms with E-state index in [2.05, 4.69) is 19.7 Å². The normalized spacial score (nSPS) is 17.4. The molecule has 0 unspecified atom stereocenters. The summed E-state index contributed by atoms with van der Waals surface area (Å²) in [6.07, 6.45) is 3.37. The Hall–Kier alpha value is -0.940. The van der Waals surface area contributed by atoms with Crippen molar-refractivity contribution < 1.29 is 5.11 Å². The minimum Gasteiger partial charge on any atom is -0.389 e. The van der Waals surface area contributed by atoms with Gasteiger partial charge in [-0.3, -0.25) is 4.90 Å². The van der Waals surface area contributed by atoms with E-state index in [4.69, 9.17) is 0 Å². The number of hydrogen-bond donors (Lipinski definition) is 1. The standard InChI is InChI=1S/C11H20N4O/c1-3-11(16,4-2)8-14-5-6-15-9-12-13-10(15)7-14/h9,16H,3-8H2,1-2H3. The van der Waals surface area contributed by atoms with Gasteiger partial charge in [0.1, 0.15) is 12.2 Å². The van der Waals surface area contributed by atoms with E-state index < -0.39 is 5.60 Å². The highest BCUT2D eigenvalue weighted by Gasteiger charge is 2.28. The molecule has 0 amide bonds. The Balaban J connectivity index is 1.99. The van der Waals surface area contributed by atoms with E-state index in [0.29, 0.717) is 0 Å². The van der Waals surface area contributed by atoms with Crippen molar-refractivity contribution in [2.75, 3.05) is 13.1 Å². The van der Waals surface area contributed by atoms with Crippen LogP contribution in [-0.4, -0.2) is 43.5 Å². The average Bonchev–Trinajstić information content (AvgIpc) is 2.76. The fraction of sp³-hybridized carbons (Fsp3) is 0.818. The summed E-state index contributed by atoms with van der Waals surface area (Å²) in [5.41, 5.74) is -0.553. The Morgan fingerprint density at radius 2 is 2.12 bits per heavy atom. The molecule has 5 nitrogen and oxygen atoms in total. The third-order valence-electron chi connectivity index (χ3n) is 3.55. The molecule has 5 heteroatoms. The van der Waals surface area contributed by atoms with Gasteiger partial charge in [-0.2, -0.15) is 0 Å². The number of aromatic nitrogens is 3. The van der Waals surface area contributed by atoms with Gasteiger partial charge >= 0.3 is 0 Å². The summed E-state index contributed by atoms with van der Waals surface area (Å²) in [5, 5.41) is 18.3. The van der Waals surface area contributed by atoms with Gasteiger partial charge in [-0.1, -0.05) is 13.8 Å². The molecule has 0 saturated heterocycles. The molecule has 1 aliphatic rings. The van der Waals surface area contributed by atoms with Crippen molar-refractivity contribution in [2.45, 2.75) is 45.4 Å². The van der Waals surface area contributed by atoms with Crippen LogP contribution >= 0.6 is 0 Å². The summed E-state index contributed by atoms with van der Waals surface area (Å²) in [6.45, 7) is 7.49. The second kappa shape index (κ2) is 4.51. The first-order chi connectivity index (χ1) is 7.67. The maximum absolute atomic E-state index is 10.3. The van der Waals surface area contributed by atoms with Crippen molar-refractivity contribution in [1.29, 1.82) is 0 Å². The fourth-order valence-corrected chi connectivity index (χ4v) is 2.14. The van der Waals surface area contributed by atoms with E-state index in [9.17, 15) is 5.11 Å². The SMILES string of the molecule is CCC(O)(CC)CN1CCn2cnnc2C1. The van der Waals surface area contributed by atoms with E-state index >= 15 is 0 Å². The van der Waals surface area contributed by atoms with Crippen molar-refractivity contribution in [1.82, 2.24) is 19.7 Å². The number of aliphatic hydroxyl groups is 1. The smallest absolute Gasteiger partial charge is 0.147 e.